The van der Waals surface area contributed by atoms with Gasteiger partial charge in [-0.3, -0.25) is 14.8 Å². The van der Waals surface area contributed by atoms with E-state index in [4.69, 9.17) is 4.74 Å². The normalized spacial score (nSPS) is 25.9. The lowest BCUT2D eigenvalue weighted by atomic mass is 9.78. The van der Waals surface area contributed by atoms with Gasteiger partial charge in [0.15, 0.2) is 0 Å². The third-order valence-corrected chi connectivity index (χ3v) is 6.20. The average Bonchev–Trinajstić information content (AvgIpc) is 3.17. The monoisotopic (exact) mass is 407 g/mol. The summed E-state index contributed by atoms with van der Waals surface area (Å²) in [5.74, 6) is 0.650. The van der Waals surface area contributed by atoms with E-state index in [1.54, 1.807) is 30.6 Å². The molecule has 5 rings (SSSR count). The lowest BCUT2D eigenvalue weighted by molar-refractivity contribution is -0.0231. The van der Waals surface area contributed by atoms with Gasteiger partial charge in [-0.05, 0) is 61.1 Å². The summed E-state index contributed by atoms with van der Waals surface area (Å²) in [5, 5.41) is 10.6. The van der Waals surface area contributed by atoms with Crippen LogP contribution < -0.4 is 4.74 Å². The summed E-state index contributed by atoms with van der Waals surface area (Å²) in [7, 11) is 0. The molecule has 1 saturated heterocycles. The summed E-state index contributed by atoms with van der Waals surface area (Å²) < 4.78 is 19.1. The van der Waals surface area contributed by atoms with Crippen LogP contribution in [0, 0.1) is 17.7 Å². The molecule has 2 aliphatic rings. The van der Waals surface area contributed by atoms with Gasteiger partial charge < -0.3 is 14.7 Å². The van der Waals surface area contributed by atoms with Gasteiger partial charge in [0.25, 0.3) is 5.91 Å². The molecule has 0 spiro atoms. The zero-order chi connectivity index (χ0) is 20.7. The number of halogens is 1. The molecule has 1 aliphatic carbocycles. The molecular formula is C23H22FN3O3. The minimum atomic E-state index is -0.616. The molecule has 1 aliphatic heterocycles. The number of fused-ring (bicyclic) bond motifs is 2. The number of amides is 1. The molecular weight excluding hydrogens is 385 g/mol. The molecule has 4 atom stereocenters. The third-order valence-electron chi connectivity index (χ3n) is 6.20. The molecule has 30 heavy (non-hydrogen) atoms. The van der Waals surface area contributed by atoms with Gasteiger partial charge >= 0.3 is 0 Å². The van der Waals surface area contributed by atoms with Crippen LogP contribution in [0.15, 0.2) is 54.9 Å². The first-order chi connectivity index (χ1) is 14.6. The highest BCUT2D eigenvalue weighted by Crippen LogP contribution is 2.38. The Balaban J connectivity index is 1.31. The second-order valence-electron chi connectivity index (χ2n) is 8.11. The van der Waals surface area contributed by atoms with Gasteiger partial charge in [0, 0.05) is 25.5 Å². The number of likely N-dealkylation sites (tertiary alicyclic amines) is 1. The van der Waals surface area contributed by atoms with E-state index in [1.165, 1.54) is 12.1 Å². The van der Waals surface area contributed by atoms with Crippen molar-refractivity contribution in [1.82, 2.24) is 14.9 Å². The molecule has 0 bridgehead atoms. The Morgan fingerprint density at radius 2 is 1.77 bits per heavy atom. The zero-order valence-corrected chi connectivity index (χ0v) is 16.3. The van der Waals surface area contributed by atoms with Crippen LogP contribution in [0.1, 0.15) is 23.2 Å². The summed E-state index contributed by atoms with van der Waals surface area (Å²) in [6, 6.07) is 11.3. The van der Waals surface area contributed by atoms with Gasteiger partial charge in [0.1, 0.15) is 23.2 Å². The van der Waals surface area contributed by atoms with Crippen LogP contribution in [0.4, 0.5) is 4.39 Å². The molecule has 6 nitrogen and oxygen atoms in total. The van der Waals surface area contributed by atoms with E-state index in [2.05, 4.69) is 9.97 Å². The predicted octanol–water partition coefficient (Wildman–Crippen LogP) is 3.06. The van der Waals surface area contributed by atoms with Crippen LogP contribution in [-0.2, 0) is 0 Å². The fraction of sp³-hybridized carbons (Fsp3) is 0.348. The first kappa shape index (κ1) is 18.9. The number of aliphatic hydroxyl groups is 1. The van der Waals surface area contributed by atoms with Gasteiger partial charge in [-0.15, -0.1) is 0 Å². The van der Waals surface area contributed by atoms with Crippen molar-refractivity contribution in [1.29, 1.82) is 0 Å². The number of aromatic nitrogens is 2. The first-order valence-corrected chi connectivity index (χ1v) is 10.2. The fourth-order valence-corrected chi connectivity index (χ4v) is 4.71. The van der Waals surface area contributed by atoms with E-state index in [9.17, 15) is 14.3 Å². The smallest absolute Gasteiger partial charge is 0.256 e. The maximum atomic E-state index is 13.2. The molecule has 1 amide bonds. The maximum absolute atomic E-state index is 13.2. The molecule has 2 aromatic carbocycles. The highest BCUT2D eigenvalue weighted by atomic mass is 19.1. The number of ether oxygens (including phenoxy) is 1. The van der Waals surface area contributed by atoms with Crippen LogP contribution in [0.25, 0.3) is 11.0 Å². The van der Waals surface area contributed by atoms with E-state index in [0.29, 0.717) is 48.3 Å². The maximum Gasteiger partial charge on any atom is 0.256 e. The number of hydrogen-bond donors (Lipinski definition) is 1. The van der Waals surface area contributed by atoms with Crippen molar-refractivity contribution in [3.05, 3.63) is 66.2 Å². The van der Waals surface area contributed by atoms with E-state index < -0.39 is 6.10 Å². The van der Waals surface area contributed by atoms with E-state index >= 15 is 0 Å². The SMILES string of the molecule is O=C(c1cccc2nccnc12)N1C[C@H]2C[C@@H](Oc3ccc(F)cc3)[C@H](O)C[C@H]2C1. The zero-order valence-electron chi connectivity index (χ0n) is 16.3. The Kier molecular flexibility index (Phi) is 4.83. The first-order valence-electron chi connectivity index (χ1n) is 10.2. The Morgan fingerprint density at radius 3 is 2.57 bits per heavy atom. The molecule has 1 saturated carbocycles. The fourth-order valence-electron chi connectivity index (χ4n) is 4.71. The van der Waals surface area contributed by atoms with Gasteiger partial charge in [0.05, 0.1) is 17.2 Å². The minimum absolute atomic E-state index is 0.0546. The van der Waals surface area contributed by atoms with Gasteiger partial charge in [-0.1, -0.05) is 6.07 Å². The van der Waals surface area contributed by atoms with Crippen molar-refractivity contribution in [2.75, 3.05) is 13.1 Å². The molecule has 1 N–H and O–H groups in total. The number of carbonyl (C=O) groups is 1. The number of para-hydroxylation sites is 1. The van der Waals surface area contributed by atoms with Crippen LogP contribution >= 0.6 is 0 Å². The van der Waals surface area contributed by atoms with Crippen molar-refractivity contribution in [2.45, 2.75) is 25.0 Å². The van der Waals surface area contributed by atoms with Crippen LogP contribution in [0.3, 0.4) is 0 Å². The Bertz CT molecular complexity index is 1070. The lowest BCUT2D eigenvalue weighted by Gasteiger charge is -2.35. The summed E-state index contributed by atoms with van der Waals surface area (Å²) in [6.07, 6.45) is 3.46. The topological polar surface area (TPSA) is 75.6 Å². The molecule has 0 unspecified atom stereocenters. The standard InChI is InChI=1S/C23H22FN3O3/c24-16-4-6-17(7-5-16)30-21-11-15-13-27(12-14(15)10-20(21)28)23(29)18-2-1-3-19-22(18)26-9-8-25-19/h1-9,14-15,20-21,28H,10-13H2/t14-,15+,20+,21+/m0/s1. The highest BCUT2D eigenvalue weighted by molar-refractivity contribution is 6.04. The molecule has 3 aromatic rings. The van der Waals surface area contributed by atoms with Crippen LogP contribution in [0.2, 0.25) is 0 Å². The number of carbonyl (C=O) groups excluding carboxylic acids is 1. The Morgan fingerprint density at radius 1 is 1.03 bits per heavy atom. The average molecular weight is 407 g/mol. The van der Waals surface area contributed by atoms with Crippen molar-refractivity contribution >= 4 is 16.9 Å². The van der Waals surface area contributed by atoms with Crippen molar-refractivity contribution in [3.63, 3.8) is 0 Å². The molecule has 154 valence electrons. The van der Waals surface area contributed by atoms with Crippen molar-refractivity contribution in [3.8, 4) is 5.75 Å². The van der Waals surface area contributed by atoms with Crippen LogP contribution in [-0.4, -0.2) is 51.2 Å². The number of benzene rings is 2. The second kappa shape index (κ2) is 7.65. The molecule has 7 heteroatoms. The Hall–Kier alpha value is -3.06. The molecule has 0 radical (unpaired) electrons. The summed E-state index contributed by atoms with van der Waals surface area (Å²) in [5.41, 5.74) is 1.86. The number of rotatable bonds is 3. The number of hydrogen-bond acceptors (Lipinski definition) is 5. The van der Waals surface area contributed by atoms with Crippen molar-refractivity contribution in [2.24, 2.45) is 11.8 Å². The predicted molar refractivity (Wildman–Crippen MR) is 108 cm³/mol. The van der Waals surface area contributed by atoms with Gasteiger partial charge in [0.2, 0.25) is 0 Å². The quantitative estimate of drug-likeness (QED) is 0.722. The number of aliphatic hydroxyl groups excluding tert-OH is 1. The van der Waals surface area contributed by atoms with Crippen molar-refractivity contribution < 1.29 is 19.0 Å². The van der Waals surface area contributed by atoms with E-state index in [1.807, 2.05) is 17.0 Å². The Labute approximate surface area is 173 Å². The lowest BCUT2D eigenvalue weighted by Crippen LogP contribution is -2.42. The third kappa shape index (κ3) is 3.50. The molecule has 2 fully saturated rings. The molecule has 2 heterocycles. The van der Waals surface area contributed by atoms with E-state index in [0.717, 1.165) is 0 Å². The summed E-state index contributed by atoms with van der Waals surface area (Å²) >= 11 is 0. The largest absolute Gasteiger partial charge is 0.488 e. The summed E-state index contributed by atoms with van der Waals surface area (Å²) in [6.45, 7) is 1.23. The summed E-state index contributed by atoms with van der Waals surface area (Å²) in [4.78, 5) is 23.7. The van der Waals surface area contributed by atoms with E-state index in [-0.39, 0.29) is 29.7 Å². The highest BCUT2D eigenvalue weighted by Gasteiger charge is 2.44. The minimum Gasteiger partial charge on any atom is -0.488 e. The second-order valence-corrected chi connectivity index (χ2v) is 8.11. The van der Waals surface area contributed by atoms with Crippen LogP contribution in [0.5, 0.6) is 5.75 Å². The van der Waals surface area contributed by atoms with Gasteiger partial charge in [-0.2, -0.15) is 0 Å². The molecule has 1 aromatic heterocycles. The van der Waals surface area contributed by atoms with Gasteiger partial charge in [-0.25, -0.2) is 4.39 Å². The number of nitrogens with zero attached hydrogens (tertiary/aromatic N) is 3.